The summed E-state index contributed by atoms with van der Waals surface area (Å²) in [6, 6.07) is 0. The van der Waals surface area contributed by atoms with Gasteiger partial charge in [0.15, 0.2) is 0 Å². The van der Waals surface area contributed by atoms with Crippen LogP contribution in [0.3, 0.4) is 0 Å². The summed E-state index contributed by atoms with van der Waals surface area (Å²) in [5.74, 6) is -1.92. The third kappa shape index (κ3) is 8.95. The number of carboxylic acid groups (broad SMARTS) is 1. The molecule has 16 heavy (non-hydrogen) atoms. The maximum Gasteiger partial charge on any atom is 0.246 e. The normalized spacial score (nSPS) is 9.56. The third-order valence-electron chi connectivity index (χ3n) is 1.60. The van der Waals surface area contributed by atoms with E-state index in [2.05, 4.69) is 15.4 Å². The molecule has 0 saturated carbocycles. The molecule has 0 aromatic rings. The Kier molecular flexibility index (Phi) is 7.78. The van der Waals surface area contributed by atoms with Crippen molar-refractivity contribution in [3.63, 3.8) is 0 Å². The van der Waals surface area contributed by atoms with E-state index in [1.54, 1.807) is 0 Å². The topological polar surface area (TPSA) is 108 Å². The number of hydrogen-bond donors (Lipinski definition) is 2. The lowest BCUT2D eigenvalue weighted by atomic mass is 10.3. The fourth-order valence-corrected chi connectivity index (χ4v) is 0.890. The van der Waals surface area contributed by atoms with Crippen LogP contribution in [0.1, 0.15) is 12.8 Å². The zero-order valence-electron chi connectivity index (χ0n) is 9.08. The van der Waals surface area contributed by atoms with Gasteiger partial charge in [-0.25, -0.2) is 0 Å². The van der Waals surface area contributed by atoms with Gasteiger partial charge in [0, 0.05) is 32.6 Å². The largest absolute Gasteiger partial charge is 0.550 e. The van der Waals surface area contributed by atoms with E-state index in [0.29, 0.717) is 0 Å². The van der Waals surface area contributed by atoms with Crippen molar-refractivity contribution < 1.29 is 24.2 Å². The number of amides is 2. The molecule has 92 valence electrons. The van der Waals surface area contributed by atoms with Crippen LogP contribution in [0, 0.1) is 0 Å². The van der Waals surface area contributed by atoms with E-state index in [-0.39, 0.29) is 44.4 Å². The second-order valence-corrected chi connectivity index (χ2v) is 3.00. The molecular formula is C9H15N2O5-. The Bertz CT molecular complexity index is 254. The number of rotatable bonds is 8. The predicted molar refractivity (Wildman–Crippen MR) is 52.1 cm³/mol. The lowest BCUT2D eigenvalue weighted by Gasteiger charge is -2.06. The summed E-state index contributed by atoms with van der Waals surface area (Å²) in [7, 11) is 1.40. The van der Waals surface area contributed by atoms with Gasteiger partial charge in [0.2, 0.25) is 11.8 Å². The Labute approximate surface area is 93.2 Å². The quantitative estimate of drug-likeness (QED) is 0.445. The number of ether oxygens (including phenoxy) is 1. The Morgan fingerprint density at radius 2 is 1.62 bits per heavy atom. The first-order valence-corrected chi connectivity index (χ1v) is 4.78. The molecule has 0 rings (SSSR count). The van der Waals surface area contributed by atoms with Crippen LogP contribution < -0.4 is 15.7 Å². The highest BCUT2D eigenvalue weighted by Gasteiger charge is 2.01. The Morgan fingerprint density at radius 3 is 2.12 bits per heavy atom. The lowest BCUT2D eigenvalue weighted by Crippen LogP contribution is -2.36. The van der Waals surface area contributed by atoms with Crippen LogP contribution in [-0.2, 0) is 19.1 Å². The molecule has 0 aromatic heterocycles. The molecule has 7 nitrogen and oxygen atoms in total. The smallest absolute Gasteiger partial charge is 0.246 e. The summed E-state index contributed by atoms with van der Waals surface area (Å²) in [5.41, 5.74) is 0. The highest BCUT2D eigenvalue weighted by atomic mass is 16.5. The van der Waals surface area contributed by atoms with Crippen LogP contribution in [0.25, 0.3) is 0 Å². The first-order chi connectivity index (χ1) is 7.56. The number of carbonyl (C=O) groups excluding carboxylic acids is 3. The van der Waals surface area contributed by atoms with E-state index in [4.69, 9.17) is 0 Å². The van der Waals surface area contributed by atoms with Gasteiger partial charge < -0.3 is 25.3 Å². The van der Waals surface area contributed by atoms with Gasteiger partial charge in [0.05, 0.1) is 0 Å². The number of nitrogens with one attached hydrogen (secondary N) is 2. The molecule has 2 amide bonds. The van der Waals surface area contributed by atoms with Gasteiger partial charge in [0.1, 0.15) is 6.61 Å². The van der Waals surface area contributed by atoms with Gasteiger partial charge in [-0.05, 0) is 6.42 Å². The molecule has 7 heteroatoms. The van der Waals surface area contributed by atoms with Crippen LogP contribution in [0.5, 0.6) is 0 Å². The van der Waals surface area contributed by atoms with E-state index in [0.717, 1.165) is 0 Å². The summed E-state index contributed by atoms with van der Waals surface area (Å²) in [5, 5.41) is 15.0. The van der Waals surface area contributed by atoms with E-state index < -0.39 is 5.97 Å². The standard InChI is InChI=1S/C9H16N2O5/c1-16-6-8(13)11-5-4-10-7(12)2-3-9(14)15/h2-6H2,1H3,(H,10,12)(H,11,13)(H,14,15)/p-1. The molecular weight excluding hydrogens is 216 g/mol. The summed E-state index contributed by atoms with van der Waals surface area (Å²) < 4.78 is 4.58. The molecule has 0 heterocycles. The molecule has 0 aliphatic carbocycles. The molecule has 2 N–H and O–H groups in total. The molecule has 0 spiro atoms. The molecule has 0 aromatic carbocycles. The van der Waals surface area contributed by atoms with Gasteiger partial charge in [-0.1, -0.05) is 0 Å². The van der Waals surface area contributed by atoms with E-state index in [1.165, 1.54) is 7.11 Å². The van der Waals surface area contributed by atoms with Gasteiger partial charge in [-0.15, -0.1) is 0 Å². The number of carboxylic acids is 1. The van der Waals surface area contributed by atoms with Crippen molar-refractivity contribution in [1.29, 1.82) is 0 Å². The Morgan fingerprint density at radius 1 is 1.06 bits per heavy atom. The Balaban J connectivity index is 3.40. The average molecular weight is 231 g/mol. The highest BCUT2D eigenvalue weighted by molar-refractivity contribution is 5.80. The van der Waals surface area contributed by atoms with Crippen LogP contribution in [0.4, 0.5) is 0 Å². The molecule has 0 radical (unpaired) electrons. The fourth-order valence-electron chi connectivity index (χ4n) is 0.890. The van der Waals surface area contributed by atoms with Crippen molar-refractivity contribution in [3.05, 3.63) is 0 Å². The van der Waals surface area contributed by atoms with Crippen LogP contribution in [-0.4, -0.2) is 44.6 Å². The Hall–Kier alpha value is -1.63. The minimum Gasteiger partial charge on any atom is -0.550 e. The zero-order chi connectivity index (χ0) is 12.4. The summed E-state index contributed by atoms with van der Waals surface area (Å²) >= 11 is 0. The molecule has 0 saturated heterocycles. The first-order valence-electron chi connectivity index (χ1n) is 4.78. The van der Waals surface area contributed by atoms with Gasteiger partial charge >= 0.3 is 0 Å². The second-order valence-electron chi connectivity index (χ2n) is 3.00. The molecule has 0 unspecified atom stereocenters. The van der Waals surface area contributed by atoms with Crippen molar-refractivity contribution in [3.8, 4) is 0 Å². The van der Waals surface area contributed by atoms with Crippen molar-refractivity contribution in [1.82, 2.24) is 10.6 Å². The number of methoxy groups -OCH3 is 1. The SMILES string of the molecule is COCC(=O)NCCNC(=O)CCC(=O)[O-]. The second kappa shape index (κ2) is 8.66. The fraction of sp³-hybridized carbons (Fsp3) is 0.667. The van der Waals surface area contributed by atoms with Crippen molar-refractivity contribution in [2.45, 2.75) is 12.8 Å². The first kappa shape index (κ1) is 14.4. The maximum absolute atomic E-state index is 11.0. The van der Waals surface area contributed by atoms with E-state index in [1.807, 2.05) is 0 Å². The van der Waals surface area contributed by atoms with Gasteiger partial charge in [0.25, 0.3) is 0 Å². The van der Waals surface area contributed by atoms with Crippen LogP contribution >= 0.6 is 0 Å². The third-order valence-corrected chi connectivity index (χ3v) is 1.60. The molecule has 0 aliphatic rings. The van der Waals surface area contributed by atoms with E-state index in [9.17, 15) is 19.5 Å². The van der Waals surface area contributed by atoms with Crippen molar-refractivity contribution in [2.24, 2.45) is 0 Å². The zero-order valence-corrected chi connectivity index (χ0v) is 9.08. The van der Waals surface area contributed by atoms with Crippen LogP contribution in [0.2, 0.25) is 0 Å². The van der Waals surface area contributed by atoms with Gasteiger partial charge in [-0.2, -0.15) is 0 Å². The summed E-state index contributed by atoms with van der Waals surface area (Å²) in [6.45, 7) is 0.499. The number of hydrogen-bond acceptors (Lipinski definition) is 5. The number of carbonyl (C=O) groups is 3. The minimum absolute atomic E-state index is 0.0291. The van der Waals surface area contributed by atoms with Crippen molar-refractivity contribution >= 4 is 17.8 Å². The maximum atomic E-state index is 11.0. The molecule has 0 atom stereocenters. The number of aliphatic carboxylic acids is 1. The van der Waals surface area contributed by atoms with Gasteiger partial charge in [-0.3, -0.25) is 9.59 Å². The predicted octanol–water partition coefficient (Wildman–Crippen LogP) is -2.60. The average Bonchev–Trinajstić information content (AvgIpc) is 2.22. The molecule has 0 fully saturated rings. The lowest BCUT2D eigenvalue weighted by molar-refractivity contribution is -0.305. The van der Waals surface area contributed by atoms with Crippen LogP contribution in [0.15, 0.2) is 0 Å². The minimum atomic E-state index is -1.26. The van der Waals surface area contributed by atoms with E-state index >= 15 is 0 Å². The monoisotopic (exact) mass is 231 g/mol. The highest BCUT2D eigenvalue weighted by Crippen LogP contribution is 1.85. The molecule has 0 bridgehead atoms. The molecule has 0 aliphatic heterocycles. The van der Waals surface area contributed by atoms with Crippen molar-refractivity contribution in [2.75, 3.05) is 26.8 Å². The summed E-state index contributed by atoms with van der Waals surface area (Å²) in [6.07, 6.45) is -0.420. The summed E-state index contributed by atoms with van der Waals surface area (Å²) in [4.78, 5) is 31.9.